The van der Waals surface area contributed by atoms with E-state index < -0.39 is 0 Å². The molecular weight excluding hydrogens is 240 g/mol. The minimum atomic E-state index is 0.231. The summed E-state index contributed by atoms with van der Waals surface area (Å²) >= 11 is 0. The maximum atomic E-state index is 4.16. The molecule has 2 atom stereocenters. The summed E-state index contributed by atoms with van der Waals surface area (Å²) in [5.74, 6) is 1.53. The lowest BCUT2D eigenvalue weighted by Gasteiger charge is -2.50. The molecule has 0 saturated heterocycles. The van der Waals surface area contributed by atoms with Gasteiger partial charge in [0.25, 0.3) is 0 Å². The third kappa shape index (κ3) is 4.64. The van der Waals surface area contributed by atoms with E-state index in [-0.39, 0.29) is 5.41 Å². The molecule has 0 bridgehead atoms. The van der Waals surface area contributed by atoms with Gasteiger partial charge in [-0.25, -0.2) is 0 Å². The normalized spacial score (nSPS) is 15.9. The van der Waals surface area contributed by atoms with Crippen molar-refractivity contribution in [2.75, 3.05) is 0 Å². The summed E-state index contributed by atoms with van der Waals surface area (Å²) in [6.45, 7) is 20.9. The van der Waals surface area contributed by atoms with E-state index >= 15 is 0 Å². The molecule has 0 N–H and O–H groups in total. The van der Waals surface area contributed by atoms with Crippen LogP contribution < -0.4 is 0 Å². The second kappa shape index (κ2) is 8.90. The summed E-state index contributed by atoms with van der Waals surface area (Å²) in [6.07, 6.45) is 11.5. The lowest BCUT2D eigenvalue weighted by atomic mass is 9.54. The molecule has 0 heterocycles. The summed E-state index contributed by atoms with van der Waals surface area (Å²) in [6, 6.07) is 0. The van der Waals surface area contributed by atoms with Gasteiger partial charge in [0.1, 0.15) is 0 Å². The highest BCUT2D eigenvalue weighted by atomic mass is 14.5. The Labute approximate surface area is 129 Å². The molecule has 0 amide bonds. The average molecular weight is 281 g/mol. The van der Waals surface area contributed by atoms with E-state index in [1.807, 2.05) is 0 Å². The van der Waals surface area contributed by atoms with Gasteiger partial charge in [-0.15, -0.1) is 6.58 Å². The van der Waals surface area contributed by atoms with Crippen molar-refractivity contribution < 1.29 is 0 Å². The third-order valence-electron chi connectivity index (χ3n) is 5.73. The monoisotopic (exact) mass is 280 g/mol. The van der Waals surface area contributed by atoms with Crippen LogP contribution in [0.5, 0.6) is 0 Å². The van der Waals surface area contributed by atoms with Crippen molar-refractivity contribution in [2.24, 2.45) is 22.7 Å². The second-order valence-corrected chi connectivity index (χ2v) is 7.44. The summed E-state index contributed by atoms with van der Waals surface area (Å²) in [5.41, 5.74) is 0.716. The zero-order chi connectivity index (χ0) is 15.8. The second-order valence-electron chi connectivity index (χ2n) is 7.44. The van der Waals surface area contributed by atoms with Crippen molar-refractivity contribution in [1.29, 1.82) is 0 Å². The van der Waals surface area contributed by atoms with E-state index in [0.29, 0.717) is 5.41 Å². The molecule has 0 aliphatic heterocycles. The predicted molar refractivity (Wildman–Crippen MR) is 94.1 cm³/mol. The van der Waals surface area contributed by atoms with Crippen LogP contribution in [0.15, 0.2) is 12.7 Å². The number of unbranched alkanes of at least 4 members (excludes halogenated alkanes) is 1. The number of hydrogen-bond donors (Lipinski definition) is 0. The fourth-order valence-corrected chi connectivity index (χ4v) is 4.64. The van der Waals surface area contributed by atoms with Crippen LogP contribution in [0.2, 0.25) is 0 Å². The predicted octanol–water partition coefficient (Wildman–Crippen LogP) is 7.25. The molecule has 0 aliphatic rings. The van der Waals surface area contributed by atoms with Crippen LogP contribution in [0, 0.1) is 22.7 Å². The average Bonchev–Trinajstić information content (AvgIpc) is 2.44. The fourth-order valence-electron chi connectivity index (χ4n) is 4.64. The van der Waals surface area contributed by atoms with Crippen molar-refractivity contribution >= 4 is 0 Å². The van der Waals surface area contributed by atoms with E-state index in [4.69, 9.17) is 0 Å². The molecule has 20 heavy (non-hydrogen) atoms. The van der Waals surface area contributed by atoms with Gasteiger partial charge < -0.3 is 0 Å². The molecule has 0 rings (SSSR count). The third-order valence-corrected chi connectivity index (χ3v) is 5.73. The lowest BCUT2D eigenvalue weighted by Crippen LogP contribution is -2.42. The number of allylic oxidation sites excluding steroid dienone is 1. The Balaban J connectivity index is 5.52. The topological polar surface area (TPSA) is 0 Å². The van der Waals surface area contributed by atoms with E-state index in [1.54, 1.807) is 0 Å². The van der Waals surface area contributed by atoms with Crippen LogP contribution in [0.3, 0.4) is 0 Å². The van der Waals surface area contributed by atoms with E-state index in [0.717, 1.165) is 11.8 Å². The van der Waals surface area contributed by atoms with Crippen LogP contribution in [-0.4, -0.2) is 0 Å². The summed E-state index contributed by atoms with van der Waals surface area (Å²) in [5, 5.41) is 0. The highest BCUT2D eigenvalue weighted by molar-refractivity contribution is 5.02. The molecule has 0 aromatic rings. The van der Waals surface area contributed by atoms with E-state index in [9.17, 15) is 0 Å². The van der Waals surface area contributed by atoms with Gasteiger partial charge in [0.15, 0.2) is 0 Å². The van der Waals surface area contributed by atoms with Gasteiger partial charge in [-0.3, -0.25) is 0 Å². The van der Waals surface area contributed by atoms with Gasteiger partial charge in [0.2, 0.25) is 0 Å². The highest BCUT2D eigenvalue weighted by Crippen LogP contribution is 2.53. The molecule has 0 aromatic heterocycles. The zero-order valence-electron chi connectivity index (χ0n) is 15.4. The summed E-state index contributed by atoms with van der Waals surface area (Å²) < 4.78 is 0. The van der Waals surface area contributed by atoms with E-state index in [2.05, 4.69) is 61.1 Å². The van der Waals surface area contributed by atoms with Crippen LogP contribution in [0.25, 0.3) is 0 Å². The van der Waals surface area contributed by atoms with Crippen LogP contribution in [-0.2, 0) is 0 Å². The molecule has 0 aromatic carbocycles. The molecule has 120 valence electrons. The van der Waals surface area contributed by atoms with Gasteiger partial charge in [0.05, 0.1) is 0 Å². The Hall–Kier alpha value is -0.260. The molecule has 0 radical (unpaired) electrons. The van der Waals surface area contributed by atoms with Gasteiger partial charge in [-0.05, 0) is 29.1 Å². The van der Waals surface area contributed by atoms with Crippen molar-refractivity contribution in [3.63, 3.8) is 0 Å². The number of rotatable bonds is 11. The first kappa shape index (κ1) is 19.7. The summed E-state index contributed by atoms with van der Waals surface area (Å²) in [7, 11) is 0. The molecule has 0 spiro atoms. The largest absolute Gasteiger partial charge is 0.103 e. The molecule has 0 aliphatic carbocycles. The zero-order valence-corrected chi connectivity index (χ0v) is 15.4. The highest BCUT2D eigenvalue weighted by Gasteiger charge is 2.44. The minimum Gasteiger partial charge on any atom is -0.103 e. The van der Waals surface area contributed by atoms with Gasteiger partial charge in [-0.1, -0.05) is 93.1 Å². The van der Waals surface area contributed by atoms with Crippen molar-refractivity contribution in [3.8, 4) is 0 Å². The molecule has 0 nitrogen and oxygen atoms in total. The first-order valence-corrected chi connectivity index (χ1v) is 8.98. The Bertz CT molecular complexity index is 257. The molecule has 2 unspecified atom stereocenters. The number of hydrogen-bond acceptors (Lipinski definition) is 0. The Morgan fingerprint density at radius 3 is 1.90 bits per heavy atom. The first-order valence-electron chi connectivity index (χ1n) is 8.98. The molecule has 0 heteroatoms. The maximum Gasteiger partial charge on any atom is -0.0141 e. The Morgan fingerprint density at radius 1 is 1.00 bits per heavy atom. The standard InChI is InChI=1S/C20H40/c1-9-14-15-17(6)18(19(7,8)11-3)20(12-4,13-5)16-10-2/h11,17-18H,3,9-10,12-16H2,1-2,4-8H3. The molecular formula is C20H40. The molecule has 0 fully saturated rings. The Morgan fingerprint density at radius 2 is 1.55 bits per heavy atom. The maximum absolute atomic E-state index is 4.16. The van der Waals surface area contributed by atoms with Crippen molar-refractivity contribution in [1.82, 2.24) is 0 Å². The van der Waals surface area contributed by atoms with Crippen molar-refractivity contribution in [2.45, 2.75) is 93.4 Å². The van der Waals surface area contributed by atoms with Crippen LogP contribution in [0.4, 0.5) is 0 Å². The smallest absolute Gasteiger partial charge is 0.0141 e. The van der Waals surface area contributed by atoms with Crippen LogP contribution in [0.1, 0.15) is 93.4 Å². The minimum absolute atomic E-state index is 0.231. The van der Waals surface area contributed by atoms with E-state index in [1.165, 1.54) is 44.9 Å². The summed E-state index contributed by atoms with van der Waals surface area (Å²) in [4.78, 5) is 0. The van der Waals surface area contributed by atoms with Gasteiger partial charge in [0, 0.05) is 0 Å². The van der Waals surface area contributed by atoms with Gasteiger partial charge >= 0.3 is 0 Å². The van der Waals surface area contributed by atoms with Gasteiger partial charge in [-0.2, -0.15) is 0 Å². The van der Waals surface area contributed by atoms with Crippen molar-refractivity contribution in [3.05, 3.63) is 12.7 Å². The SMILES string of the molecule is C=CC(C)(C)C(C(C)CCCC)C(CC)(CC)CCC. The first-order chi connectivity index (χ1) is 9.35. The lowest BCUT2D eigenvalue weighted by molar-refractivity contribution is 0.00693. The van der Waals surface area contributed by atoms with Crippen LogP contribution >= 0.6 is 0 Å². The fraction of sp³-hybridized carbons (Fsp3) is 0.900. The quantitative estimate of drug-likeness (QED) is 0.350. The Kier molecular flexibility index (Phi) is 8.79. The molecule has 0 saturated carbocycles.